The summed E-state index contributed by atoms with van der Waals surface area (Å²) in [6, 6.07) is 12.8. The number of rotatable bonds is 6. The molecule has 0 spiro atoms. The van der Waals surface area contributed by atoms with Gasteiger partial charge in [-0.05, 0) is 55.8 Å². The Hall–Kier alpha value is -4.25. The number of carbonyl (C=O) groups is 4. The van der Waals surface area contributed by atoms with Crippen LogP contribution >= 0.6 is 11.8 Å². The van der Waals surface area contributed by atoms with Gasteiger partial charge in [0.05, 0.1) is 4.91 Å². The molecule has 0 saturated carbocycles. The van der Waals surface area contributed by atoms with Crippen LogP contribution in [0.25, 0.3) is 17.0 Å². The summed E-state index contributed by atoms with van der Waals surface area (Å²) in [7, 11) is 0. The highest BCUT2D eigenvalue weighted by atomic mass is 32.2. The molecule has 1 N–H and O–H groups in total. The highest BCUT2D eigenvalue weighted by molar-refractivity contribution is 8.18. The molecule has 0 bridgehead atoms. The molecule has 2 fully saturated rings. The number of hydrogen-bond donors (Lipinski definition) is 1. The van der Waals surface area contributed by atoms with E-state index in [4.69, 9.17) is 9.47 Å². The van der Waals surface area contributed by atoms with Gasteiger partial charge in [0.25, 0.3) is 11.1 Å². The number of fused-ring (bicyclic) bond motifs is 2. The second-order valence-corrected chi connectivity index (χ2v) is 10.6. The third kappa shape index (κ3) is 4.74. The van der Waals surface area contributed by atoms with Crippen LogP contribution in [-0.4, -0.2) is 63.8 Å². The van der Waals surface area contributed by atoms with Crippen LogP contribution in [-0.2, 0) is 20.9 Å². The maximum Gasteiger partial charge on any atom is 0.294 e. The van der Waals surface area contributed by atoms with Crippen LogP contribution in [0.2, 0.25) is 0 Å². The molecule has 0 unspecified atom stereocenters. The standard InChI is InChI=1S/C28H26N4O6S/c1-17-20(13-24-27(35)32(28(36)39-24)15-26(34)30-10-4-5-11-30)19-6-2-3-7-21(19)31(17)14-25(33)29-18-8-9-22-23(12-18)38-16-37-22/h2-3,6-9,12-13H,4-5,10-11,14-16H2,1H3,(H,29,33)/b24-13-. The summed E-state index contributed by atoms with van der Waals surface area (Å²) in [6.07, 6.45) is 3.56. The van der Waals surface area contributed by atoms with Crippen molar-refractivity contribution < 1.29 is 28.7 Å². The maximum absolute atomic E-state index is 13.1. The number of amides is 4. The van der Waals surface area contributed by atoms with Gasteiger partial charge in [0.2, 0.25) is 18.6 Å². The monoisotopic (exact) mass is 546 g/mol. The minimum atomic E-state index is -0.477. The molecule has 4 heterocycles. The fraction of sp³-hybridized carbons (Fsp3) is 0.286. The molecular formula is C28H26N4O6S. The lowest BCUT2D eigenvalue weighted by atomic mass is 10.1. The van der Waals surface area contributed by atoms with Crippen LogP contribution in [0.3, 0.4) is 0 Å². The number of benzene rings is 2. The number of nitrogens with one attached hydrogen (secondary N) is 1. The number of para-hydroxylation sites is 1. The molecule has 6 rings (SSSR count). The predicted octanol–water partition coefficient (Wildman–Crippen LogP) is 3.98. The van der Waals surface area contributed by atoms with Gasteiger partial charge in [-0.25, -0.2) is 0 Å². The minimum absolute atomic E-state index is 0.0421. The third-order valence-corrected chi connectivity index (χ3v) is 8.05. The van der Waals surface area contributed by atoms with Crippen LogP contribution in [0.5, 0.6) is 11.5 Å². The molecule has 4 amide bonds. The largest absolute Gasteiger partial charge is 0.454 e. The second kappa shape index (κ2) is 10.1. The van der Waals surface area contributed by atoms with Crippen molar-refractivity contribution >= 4 is 57.4 Å². The fourth-order valence-electron chi connectivity index (χ4n) is 5.13. The molecule has 2 saturated heterocycles. The third-order valence-electron chi connectivity index (χ3n) is 7.14. The Morgan fingerprint density at radius 3 is 2.62 bits per heavy atom. The first kappa shape index (κ1) is 25.1. The SMILES string of the molecule is Cc1c(/C=C2\SC(=O)N(CC(=O)N3CCCC3)C2=O)c2ccccc2n1CC(=O)Nc1ccc2c(c1)OCO2. The van der Waals surface area contributed by atoms with Gasteiger partial charge in [0.1, 0.15) is 13.1 Å². The topological polar surface area (TPSA) is 110 Å². The van der Waals surface area contributed by atoms with Gasteiger partial charge in [-0.2, -0.15) is 0 Å². The summed E-state index contributed by atoms with van der Waals surface area (Å²) < 4.78 is 12.6. The average molecular weight is 547 g/mol. The van der Waals surface area contributed by atoms with Crippen molar-refractivity contribution in [2.45, 2.75) is 26.3 Å². The molecule has 10 nitrogen and oxygen atoms in total. The van der Waals surface area contributed by atoms with E-state index < -0.39 is 11.1 Å². The normalized spacial score (nSPS) is 17.6. The lowest BCUT2D eigenvalue weighted by molar-refractivity contribution is -0.135. The molecule has 39 heavy (non-hydrogen) atoms. The average Bonchev–Trinajstić information content (AvgIpc) is 3.71. The molecule has 0 atom stereocenters. The van der Waals surface area contributed by atoms with Gasteiger partial charge < -0.3 is 24.3 Å². The molecule has 1 aromatic heterocycles. The van der Waals surface area contributed by atoms with Gasteiger partial charge in [-0.1, -0.05) is 18.2 Å². The zero-order valence-corrected chi connectivity index (χ0v) is 22.1. The Bertz CT molecular complexity index is 1550. The summed E-state index contributed by atoms with van der Waals surface area (Å²) in [4.78, 5) is 54.4. The highest BCUT2D eigenvalue weighted by Gasteiger charge is 2.37. The lowest BCUT2D eigenvalue weighted by Crippen LogP contribution is -2.40. The van der Waals surface area contributed by atoms with Gasteiger partial charge in [-0.15, -0.1) is 0 Å². The molecule has 200 valence electrons. The maximum atomic E-state index is 13.1. The Kier molecular flexibility index (Phi) is 6.51. The van der Waals surface area contributed by atoms with E-state index in [0.717, 1.165) is 51.7 Å². The van der Waals surface area contributed by atoms with Gasteiger partial charge in [-0.3, -0.25) is 24.1 Å². The van der Waals surface area contributed by atoms with E-state index in [-0.39, 0.29) is 36.6 Å². The van der Waals surface area contributed by atoms with Crippen LogP contribution in [0.4, 0.5) is 10.5 Å². The number of hydrogen-bond acceptors (Lipinski definition) is 7. The molecule has 2 aromatic carbocycles. The van der Waals surface area contributed by atoms with Crippen molar-refractivity contribution in [1.29, 1.82) is 0 Å². The van der Waals surface area contributed by atoms with E-state index in [9.17, 15) is 19.2 Å². The van der Waals surface area contributed by atoms with Gasteiger partial charge >= 0.3 is 0 Å². The number of likely N-dealkylation sites (tertiary alicyclic amines) is 1. The number of carbonyl (C=O) groups excluding carboxylic acids is 4. The number of aromatic nitrogens is 1. The van der Waals surface area contributed by atoms with E-state index >= 15 is 0 Å². The zero-order valence-electron chi connectivity index (χ0n) is 21.3. The van der Waals surface area contributed by atoms with E-state index in [1.54, 1.807) is 29.2 Å². The predicted molar refractivity (Wildman–Crippen MR) is 146 cm³/mol. The van der Waals surface area contributed by atoms with Crippen LogP contribution in [0.1, 0.15) is 24.1 Å². The summed E-state index contributed by atoms with van der Waals surface area (Å²) >= 11 is 0.830. The first-order valence-corrected chi connectivity index (χ1v) is 13.5. The van der Waals surface area contributed by atoms with E-state index in [2.05, 4.69) is 5.32 Å². The van der Waals surface area contributed by atoms with Crippen molar-refractivity contribution in [3.05, 3.63) is 58.6 Å². The summed E-state index contributed by atoms with van der Waals surface area (Å²) in [6.45, 7) is 3.14. The van der Waals surface area contributed by atoms with Crippen LogP contribution in [0.15, 0.2) is 47.4 Å². The first-order chi connectivity index (χ1) is 18.9. The molecule has 11 heteroatoms. The number of nitrogens with zero attached hydrogens (tertiary/aromatic N) is 3. The van der Waals surface area contributed by atoms with Crippen molar-refractivity contribution in [3.8, 4) is 11.5 Å². The lowest BCUT2D eigenvalue weighted by Gasteiger charge is -2.18. The summed E-state index contributed by atoms with van der Waals surface area (Å²) in [5, 5.41) is 3.30. The summed E-state index contributed by atoms with van der Waals surface area (Å²) in [5.41, 5.74) is 2.94. The highest BCUT2D eigenvalue weighted by Crippen LogP contribution is 2.36. The molecule has 0 aliphatic carbocycles. The van der Waals surface area contributed by atoms with Crippen molar-refractivity contribution in [2.75, 3.05) is 31.7 Å². The Morgan fingerprint density at radius 1 is 1.03 bits per heavy atom. The van der Waals surface area contributed by atoms with Crippen molar-refractivity contribution in [3.63, 3.8) is 0 Å². The quantitative estimate of drug-likeness (QED) is 0.466. The molecule has 3 aliphatic rings. The summed E-state index contributed by atoms with van der Waals surface area (Å²) in [5.74, 6) is 0.292. The van der Waals surface area contributed by atoms with Crippen molar-refractivity contribution in [2.24, 2.45) is 0 Å². The van der Waals surface area contributed by atoms with E-state index in [0.29, 0.717) is 30.3 Å². The van der Waals surface area contributed by atoms with Gasteiger partial charge in [0, 0.05) is 47.0 Å². The van der Waals surface area contributed by atoms with E-state index in [1.807, 2.05) is 35.8 Å². The molecule has 0 radical (unpaired) electrons. The Morgan fingerprint density at radius 2 is 1.79 bits per heavy atom. The molecule has 3 aromatic rings. The fourth-order valence-corrected chi connectivity index (χ4v) is 5.95. The second-order valence-electron chi connectivity index (χ2n) is 9.57. The number of ether oxygens (including phenoxy) is 2. The number of anilines is 1. The van der Waals surface area contributed by atoms with Crippen molar-refractivity contribution in [1.82, 2.24) is 14.4 Å². The Balaban J connectivity index is 1.24. The van der Waals surface area contributed by atoms with Crippen LogP contribution < -0.4 is 14.8 Å². The first-order valence-electron chi connectivity index (χ1n) is 12.7. The molecule has 3 aliphatic heterocycles. The Labute approximate surface area is 228 Å². The zero-order chi connectivity index (χ0) is 27.1. The molecular weight excluding hydrogens is 520 g/mol. The van der Waals surface area contributed by atoms with Gasteiger partial charge in [0.15, 0.2) is 11.5 Å². The minimum Gasteiger partial charge on any atom is -0.454 e. The van der Waals surface area contributed by atoms with Crippen LogP contribution in [0, 0.1) is 6.92 Å². The smallest absolute Gasteiger partial charge is 0.294 e. The number of thioether (sulfide) groups is 1. The number of imide groups is 1. The van der Waals surface area contributed by atoms with E-state index in [1.165, 1.54) is 0 Å².